The van der Waals surface area contributed by atoms with Crippen LogP contribution in [0.3, 0.4) is 0 Å². The second kappa shape index (κ2) is 7.03. The number of rotatable bonds is 4. The molecule has 4 N–H and O–H groups in total. The molecule has 4 rings (SSSR count). The molecule has 27 heavy (non-hydrogen) atoms. The smallest absolute Gasteiger partial charge is 0.306 e. The fourth-order valence-corrected chi connectivity index (χ4v) is 4.21. The van der Waals surface area contributed by atoms with Crippen molar-refractivity contribution in [1.29, 1.82) is 0 Å². The van der Waals surface area contributed by atoms with E-state index < -0.39 is 5.97 Å². The summed E-state index contributed by atoms with van der Waals surface area (Å²) in [6, 6.07) is 6.82. The van der Waals surface area contributed by atoms with Crippen LogP contribution in [0.4, 0.5) is 0 Å². The van der Waals surface area contributed by atoms with Crippen LogP contribution in [0.2, 0.25) is 0 Å². The van der Waals surface area contributed by atoms with Crippen LogP contribution < -0.4 is 5.32 Å². The Morgan fingerprint density at radius 2 is 1.96 bits per heavy atom. The lowest BCUT2D eigenvalue weighted by Crippen LogP contribution is -2.38. The van der Waals surface area contributed by atoms with Gasteiger partial charge in [-0.3, -0.25) is 9.59 Å². The number of H-pyrrole nitrogens is 1. The highest BCUT2D eigenvalue weighted by Gasteiger charge is 2.27. The number of carbonyl (C=O) groups excluding carboxylic acids is 1. The van der Waals surface area contributed by atoms with Crippen molar-refractivity contribution in [1.82, 2.24) is 15.3 Å². The molecule has 2 heterocycles. The first kappa shape index (κ1) is 17.5. The summed E-state index contributed by atoms with van der Waals surface area (Å²) in [5.41, 5.74) is 1.25. The van der Waals surface area contributed by atoms with Gasteiger partial charge in [0.25, 0.3) is 5.91 Å². The van der Waals surface area contributed by atoms with Gasteiger partial charge in [-0.15, -0.1) is 11.3 Å². The molecule has 1 aliphatic carbocycles. The number of imidazole rings is 1. The van der Waals surface area contributed by atoms with E-state index in [1.54, 1.807) is 6.07 Å². The number of aromatic hydroxyl groups is 1. The number of aromatic amines is 1. The van der Waals surface area contributed by atoms with Gasteiger partial charge in [0.15, 0.2) is 0 Å². The Balaban J connectivity index is 1.57. The van der Waals surface area contributed by atoms with Gasteiger partial charge in [-0.05, 0) is 49.3 Å². The number of nitrogens with zero attached hydrogens (tertiary/aromatic N) is 1. The van der Waals surface area contributed by atoms with Gasteiger partial charge >= 0.3 is 5.97 Å². The van der Waals surface area contributed by atoms with Gasteiger partial charge < -0.3 is 20.5 Å². The molecule has 3 aromatic rings. The molecule has 1 aromatic carbocycles. The van der Waals surface area contributed by atoms with Crippen LogP contribution in [0.25, 0.3) is 21.7 Å². The highest BCUT2D eigenvalue weighted by molar-refractivity contribution is 7.13. The number of carboxylic acid groups (broad SMARTS) is 1. The van der Waals surface area contributed by atoms with Crippen LogP contribution in [0.5, 0.6) is 5.75 Å². The molecule has 8 heteroatoms. The molecule has 0 saturated heterocycles. The van der Waals surface area contributed by atoms with E-state index in [0.717, 1.165) is 4.88 Å². The molecule has 7 nitrogen and oxygen atoms in total. The van der Waals surface area contributed by atoms with E-state index in [4.69, 9.17) is 5.11 Å². The SMILES string of the molecule is O=C(NC1CCC(C(=O)O)CC1)c1ccc(O)c2[nH]c(-c3cccs3)nc12. The van der Waals surface area contributed by atoms with Gasteiger partial charge in [0, 0.05) is 6.04 Å². The van der Waals surface area contributed by atoms with E-state index >= 15 is 0 Å². The van der Waals surface area contributed by atoms with Gasteiger partial charge in [0.2, 0.25) is 0 Å². The Morgan fingerprint density at radius 3 is 2.63 bits per heavy atom. The molecule has 0 unspecified atom stereocenters. The average molecular weight is 385 g/mol. The third kappa shape index (κ3) is 3.40. The van der Waals surface area contributed by atoms with Crippen molar-refractivity contribution in [3.8, 4) is 16.5 Å². The monoisotopic (exact) mass is 385 g/mol. The third-order valence-corrected chi connectivity index (χ3v) is 5.91. The van der Waals surface area contributed by atoms with Crippen LogP contribution in [0, 0.1) is 5.92 Å². The van der Waals surface area contributed by atoms with E-state index in [-0.39, 0.29) is 23.6 Å². The van der Waals surface area contributed by atoms with Gasteiger partial charge in [-0.2, -0.15) is 0 Å². The summed E-state index contributed by atoms with van der Waals surface area (Å²) in [4.78, 5) is 32.4. The Morgan fingerprint density at radius 1 is 1.19 bits per heavy atom. The van der Waals surface area contributed by atoms with Crippen LogP contribution in [-0.2, 0) is 4.79 Å². The maximum Gasteiger partial charge on any atom is 0.306 e. The number of aromatic nitrogens is 2. The lowest BCUT2D eigenvalue weighted by Gasteiger charge is -2.26. The predicted octanol–water partition coefficient (Wildman–Crippen LogP) is 3.37. The molecule has 1 fully saturated rings. The van der Waals surface area contributed by atoms with E-state index in [0.29, 0.717) is 48.1 Å². The van der Waals surface area contributed by atoms with Crippen LogP contribution in [-0.4, -0.2) is 38.1 Å². The van der Waals surface area contributed by atoms with Gasteiger partial charge in [-0.25, -0.2) is 4.98 Å². The Hall–Kier alpha value is -2.87. The Kier molecular flexibility index (Phi) is 4.57. The molecule has 1 amide bonds. The maximum absolute atomic E-state index is 12.8. The minimum absolute atomic E-state index is 0.0406. The first-order valence-corrected chi connectivity index (χ1v) is 9.70. The fraction of sp³-hybridized carbons (Fsp3) is 0.316. The van der Waals surface area contributed by atoms with E-state index in [2.05, 4.69) is 15.3 Å². The summed E-state index contributed by atoms with van der Waals surface area (Å²) in [6.45, 7) is 0. The number of phenolic OH excluding ortho intramolecular Hbond substituents is 1. The highest BCUT2D eigenvalue weighted by atomic mass is 32.1. The second-order valence-electron chi connectivity index (χ2n) is 6.78. The molecule has 0 radical (unpaired) electrons. The number of hydrogen-bond acceptors (Lipinski definition) is 5. The highest BCUT2D eigenvalue weighted by Crippen LogP contribution is 2.31. The standard InChI is InChI=1S/C19H19N3O4S/c23-13-8-7-12(15-16(13)22-17(21-15)14-2-1-9-27-14)18(24)20-11-5-3-10(4-6-11)19(25)26/h1-2,7-11,23H,3-6H2,(H,20,24)(H,21,22)(H,25,26). The van der Waals surface area contributed by atoms with Crippen molar-refractivity contribution in [2.45, 2.75) is 31.7 Å². The molecular formula is C19H19N3O4S. The third-order valence-electron chi connectivity index (χ3n) is 5.03. The summed E-state index contributed by atoms with van der Waals surface area (Å²) < 4.78 is 0. The molecule has 0 bridgehead atoms. The normalized spacial score (nSPS) is 19.9. The van der Waals surface area contributed by atoms with Crippen molar-refractivity contribution in [3.63, 3.8) is 0 Å². The lowest BCUT2D eigenvalue weighted by molar-refractivity contribution is -0.142. The first-order valence-electron chi connectivity index (χ1n) is 8.82. The number of hydrogen-bond donors (Lipinski definition) is 4. The van der Waals surface area contributed by atoms with E-state index in [1.165, 1.54) is 17.4 Å². The maximum atomic E-state index is 12.8. The summed E-state index contributed by atoms with van der Waals surface area (Å²) in [5, 5.41) is 24.1. The number of carboxylic acids is 1. The van der Waals surface area contributed by atoms with Crippen molar-refractivity contribution in [2.24, 2.45) is 5.92 Å². The minimum Gasteiger partial charge on any atom is -0.506 e. The summed E-state index contributed by atoms with van der Waals surface area (Å²) in [5.74, 6) is -0.699. The number of carbonyl (C=O) groups is 2. The molecule has 0 aliphatic heterocycles. The Labute approximate surface area is 159 Å². The van der Waals surface area contributed by atoms with Crippen LogP contribution in [0.1, 0.15) is 36.0 Å². The molecule has 0 spiro atoms. The zero-order valence-electron chi connectivity index (χ0n) is 14.4. The van der Waals surface area contributed by atoms with Crippen molar-refractivity contribution in [3.05, 3.63) is 35.2 Å². The Bertz CT molecular complexity index is 988. The van der Waals surface area contributed by atoms with Gasteiger partial charge in [0.05, 0.1) is 16.4 Å². The quantitative estimate of drug-likeness (QED) is 0.550. The zero-order valence-corrected chi connectivity index (χ0v) is 15.3. The summed E-state index contributed by atoms with van der Waals surface area (Å²) >= 11 is 1.52. The lowest BCUT2D eigenvalue weighted by atomic mass is 9.86. The summed E-state index contributed by atoms with van der Waals surface area (Å²) in [7, 11) is 0. The minimum atomic E-state index is -0.766. The number of amides is 1. The number of aliphatic carboxylic acids is 1. The number of benzene rings is 1. The molecule has 1 aliphatic rings. The topological polar surface area (TPSA) is 115 Å². The van der Waals surface area contributed by atoms with E-state index in [1.807, 2.05) is 17.5 Å². The van der Waals surface area contributed by atoms with Crippen molar-refractivity contribution in [2.75, 3.05) is 0 Å². The molecule has 2 aromatic heterocycles. The average Bonchev–Trinajstić information content (AvgIpc) is 3.32. The number of nitrogens with one attached hydrogen (secondary N) is 2. The molecular weight excluding hydrogens is 366 g/mol. The fourth-order valence-electron chi connectivity index (χ4n) is 3.54. The molecule has 1 saturated carbocycles. The summed E-state index contributed by atoms with van der Waals surface area (Å²) in [6.07, 6.45) is 2.42. The van der Waals surface area contributed by atoms with Gasteiger partial charge in [0.1, 0.15) is 22.6 Å². The largest absolute Gasteiger partial charge is 0.506 e. The van der Waals surface area contributed by atoms with E-state index in [9.17, 15) is 14.7 Å². The van der Waals surface area contributed by atoms with Crippen molar-refractivity contribution >= 4 is 34.2 Å². The zero-order chi connectivity index (χ0) is 19.0. The number of thiophene rings is 1. The molecule has 140 valence electrons. The van der Waals surface area contributed by atoms with Crippen molar-refractivity contribution < 1.29 is 19.8 Å². The number of fused-ring (bicyclic) bond motifs is 1. The number of phenols is 1. The van der Waals surface area contributed by atoms with Crippen LogP contribution in [0.15, 0.2) is 29.6 Å². The second-order valence-corrected chi connectivity index (χ2v) is 7.73. The van der Waals surface area contributed by atoms with Crippen LogP contribution >= 0.6 is 11.3 Å². The predicted molar refractivity (Wildman–Crippen MR) is 102 cm³/mol. The van der Waals surface area contributed by atoms with Gasteiger partial charge in [-0.1, -0.05) is 6.07 Å². The molecule has 0 atom stereocenters. The first-order chi connectivity index (χ1) is 13.0.